The minimum Gasteiger partial charge on any atom is -0.351 e. The molecular weight excluding hydrogens is 204 g/mol. The Morgan fingerprint density at radius 2 is 2.00 bits per heavy atom. The van der Waals surface area contributed by atoms with E-state index in [0.717, 1.165) is 25.9 Å². The summed E-state index contributed by atoms with van der Waals surface area (Å²) in [6.07, 6.45) is 5.36. The molecule has 0 bridgehead atoms. The molecule has 0 saturated carbocycles. The van der Waals surface area contributed by atoms with Crippen molar-refractivity contribution in [1.29, 1.82) is 0 Å². The first kappa shape index (κ1) is 10.9. The molecule has 1 aliphatic heterocycles. The summed E-state index contributed by atoms with van der Waals surface area (Å²) in [5.41, 5.74) is 0. The lowest BCUT2D eigenvalue weighted by molar-refractivity contribution is -0.129. The average molecular weight is 220 g/mol. The van der Waals surface area contributed by atoms with Crippen LogP contribution in [0, 0.1) is 0 Å². The standard InChI is InChI=1S/C11H16N4O/c1-9(16)15-7-3-10(4-8-15)14-11-12-5-2-6-13-11/h2,5-6,10H,3-4,7-8H2,1H3,(H,12,13,14). The highest BCUT2D eigenvalue weighted by molar-refractivity contribution is 5.73. The lowest BCUT2D eigenvalue weighted by Crippen LogP contribution is -2.41. The molecule has 0 unspecified atom stereocenters. The second-order valence-electron chi connectivity index (χ2n) is 4.00. The van der Waals surface area contributed by atoms with Crippen molar-refractivity contribution in [3.05, 3.63) is 18.5 Å². The third-order valence-corrected chi connectivity index (χ3v) is 2.84. The third-order valence-electron chi connectivity index (χ3n) is 2.84. The minimum atomic E-state index is 0.161. The van der Waals surface area contributed by atoms with Crippen LogP contribution in [0.4, 0.5) is 5.95 Å². The molecule has 0 aliphatic carbocycles. The number of amides is 1. The maximum Gasteiger partial charge on any atom is 0.222 e. The van der Waals surface area contributed by atoms with Gasteiger partial charge in [-0.15, -0.1) is 0 Å². The number of piperidine rings is 1. The fourth-order valence-corrected chi connectivity index (χ4v) is 1.89. The molecule has 16 heavy (non-hydrogen) atoms. The van der Waals surface area contributed by atoms with Gasteiger partial charge >= 0.3 is 0 Å². The first-order valence-electron chi connectivity index (χ1n) is 5.55. The van der Waals surface area contributed by atoms with Crippen molar-refractivity contribution < 1.29 is 4.79 Å². The zero-order valence-corrected chi connectivity index (χ0v) is 9.39. The fourth-order valence-electron chi connectivity index (χ4n) is 1.89. The summed E-state index contributed by atoms with van der Waals surface area (Å²) in [4.78, 5) is 21.3. The van der Waals surface area contributed by atoms with Gasteiger partial charge in [0.15, 0.2) is 0 Å². The molecule has 86 valence electrons. The third kappa shape index (κ3) is 2.68. The van der Waals surface area contributed by atoms with Crippen LogP contribution in [0.1, 0.15) is 19.8 Å². The molecule has 5 heteroatoms. The van der Waals surface area contributed by atoms with E-state index in [0.29, 0.717) is 12.0 Å². The topological polar surface area (TPSA) is 58.1 Å². The largest absolute Gasteiger partial charge is 0.351 e. The molecule has 1 fully saturated rings. The van der Waals surface area contributed by atoms with Crippen molar-refractivity contribution in [2.24, 2.45) is 0 Å². The monoisotopic (exact) mass is 220 g/mol. The van der Waals surface area contributed by atoms with Crippen LogP contribution in [0.3, 0.4) is 0 Å². The van der Waals surface area contributed by atoms with E-state index in [1.165, 1.54) is 0 Å². The molecule has 1 saturated heterocycles. The second-order valence-corrected chi connectivity index (χ2v) is 4.00. The number of nitrogens with zero attached hydrogens (tertiary/aromatic N) is 3. The highest BCUT2D eigenvalue weighted by Crippen LogP contribution is 2.13. The van der Waals surface area contributed by atoms with Gasteiger partial charge in [0.05, 0.1) is 0 Å². The number of hydrogen-bond donors (Lipinski definition) is 1. The van der Waals surface area contributed by atoms with Crippen molar-refractivity contribution in [2.45, 2.75) is 25.8 Å². The highest BCUT2D eigenvalue weighted by atomic mass is 16.2. The van der Waals surface area contributed by atoms with E-state index in [-0.39, 0.29) is 5.91 Å². The van der Waals surface area contributed by atoms with Crippen molar-refractivity contribution >= 4 is 11.9 Å². The van der Waals surface area contributed by atoms with Crippen molar-refractivity contribution in [1.82, 2.24) is 14.9 Å². The molecule has 0 atom stereocenters. The molecule has 1 N–H and O–H groups in total. The SMILES string of the molecule is CC(=O)N1CCC(Nc2ncccn2)CC1. The van der Waals surface area contributed by atoms with Gasteiger partial charge < -0.3 is 10.2 Å². The molecule has 1 amide bonds. The summed E-state index contributed by atoms with van der Waals surface area (Å²) in [6, 6.07) is 2.17. The first-order valence-corrected chi connectivity index (χ1v) is 5.55. The van der Waals surface area contributed by atoms with Gasteiger partial charge in [0, 0.05) is 38.4 Å². The summed E-state index contributed by atoms with van der Waals surface area (Å²) in [6.45, 7) is 3.26. The van der Waals surface area contributed by atoms with Crippen LogP contribution in [0.5, 0.6) is 0 Å². The number of anilines is 1. The van der Waals surface area contributed by atoms with Crippen molar-refractivity contribution in [2.75, 3.05) is 18.4 Å². The van der Waals surface area contributed by atoms with Gasteiger partial charge in [0.2, 0.25) is 11.9 Å². The summed E-state index contributed by atoms with van der Waals surface area (Å²) >= 11 is 0. The van der Waals surface area contributed by atoms with Gasteiger partial charge in [-0.25, -0.2) is 9.97 Å². The number of likely N-dealkylation sites (tertiary alicyclic amines) is 1. The molecule has 0 aromatic carbocycles. The van der Waals surface area contributed by atoms with Crippen molar-refractivity contribution in [3.8, 4) is 0 Å². The summed E-state index contributed by atoms with van der Waals surface area (Å²) < 4.78 is 0. The number of nitrogens with one attached hydrogen (secondary N) is 1. The number of carbonyl (C=O) groups excluding carboxylic acids is 1. The van der Waals surface area contributed by atoms with Crippen LogP contribution >= 0.6 is 0 Å². The molecule has 1 aromatic rings. The normalized spacial score (nSPS) is 17.2. The van der Waals surface area contributed by atoms with E-state index < -0.39 is 0 Å². The Balaban J connectivity index is 1.84. The van der Waals surface area contributed by atoms with E-state index in [4.69, 9.17) is 0 Å². The number of hydrogen-bond acceptors (Lipinski definition) is 4. The van der Waals surface area contributed by atoms with Gasteiger partial charge in [-0.1, -0.05) is 0 Å². The van der Waals surface area contributed by atoms with Gasteiger partial charge in [-0.3, -0.25) is 4.79 Å². The molecule has 0 spiro atoms. The molecule has 0 radical (unpaired) electrons. The van der Waals surface area contributed by atoms with Crippen LogP contribution in [0.15, 0.2) is 18.5 Å². The van der Waals surface area contributed by atoms with E-state index in [2.05, 4.69) is 15.3 Å². The van der Waals surface area contributed by atoms with E-state index >= 15 is 0 Å². The number of aromatic nitrogens is 2. The average Bonchev–Trinajstić information content (AvgIpc) is 2.31. The smallest absolute Gasteiger partial charge is 0.222 e. The van der Waals surface area contributed by atoms with Gasteiger partial charge in [-0.05, 0) is 18.9 Å². The Morgan fingerprint density at radius 3 is 2.56 bits per heavy atom. The quantitative estimate of drug-likeness (QED) is 0.804. The lowest BCUT2D eigenvalue weighted by atomic mass is 10.1. The van der Waals surface area contributed by atoms with Crippen LogP contribution in [-0.2, 0) is 4.79 Å². The minimum absolute atomic E-state index is 0.161. The van der Waals surface area contributed by atoms with Crippen molar-refractivity contribution in [3.63, 3.8) is 0 Å². The van der Waals surface area contributed by atoms with E-state index in [1.54, 1.807) is 25.4 Å². The molecule has 5 nitrogen and oxygen atoms in total. The molecule has 2 heterocycles. The zero-order chi connectivity index (χ0) is 11.4. The summed E-state index contributed by atoms with van der Waals surface area (Å²) in [5, 5.41) is 3.28. The Bertz CT molecular complexity index is 346. The summed E-state index contributed by atoms with van der Waals surface area (Å²) in [7, 11) is 0. The van der Waals surface area contributed by atoms with Gasteiger partial charge in [-0.2, -0.15) is 0 Å². The zero-order valence-electron chi connectivity index (χ0n) is 9.39. The maximum absolute atomic E-state index is 11.1. The Labute approximate surface area is 94.9 Å². The van der Waals surface area contributed by atoms with Crippen LogP contribution in [0.25, 0.3) is 0 Å². The second kappa shape index (κ2) is 4.92. The molecule has 1 aromatic heterocycles. The van der Waals surface area contributed by atoms with Gasteiger partial charge in [0.1, 0.15) is 0 Å². The van der Waals surface area contributed by atoms with E-state index in [9.17, 15) is 4.79 Å². The van der Waals surface area contributed by atoms with Crippen LogP contribution < -0.4 is 5.32 Å². The van der Waals surface area contributed by atoms with E-state index in [1.807, 2.05) is 4.90 Å². The Kier molecular flexibility index (Phi) is 3.34. The fraction of sp³-hybridized carbons (Fsp3) is 0.545. The van der Waals surface area contributed by atoms with Crippen LogP contribution in [-0.4, -0.2) is 39.9 Å². The first-order chi connectivity index (χ1) is 7.75. The molecular formula is C11H16N4O. The molecule has 1 aliphatic rings. The predicted octanol–water partition coefficient (Wildman–Crippen LogP) is 0.899. The highest BCUT2D eigenvalue weighted by Gasteiger charge is 2.20. The molecule has 2 rings (SSSR count). The van der Waals surface area contributed by atoms with Gasteiger partial charge in [0.25, 0.3) is 0 Å². The van der Waals surface area contributed by atoms with Crippen LogP contribution in [0.2, 0.25) is 0 Å². The predicted molar refractivity (Wildman–Crippen MR) is 60.9 cm³/mol. The number of carbonyl (C=O) groups is 1. The number of rotatable bonds is 2. The Hall–Kier alpha value is -1.65. The summed E-state index contributed by atoms with van der Waals surface area (Å²) in [5.74, 6) is 0.832. The maximum atomic E-state index is 11.1. The lowest BCUT2D eigenvalue weighted by Gasteiger charge is -2.31. The Morgan fingerprint density at radius 1 is 1.38 bits per heavy atom.